The van der Waals surface area contributed by atoms with Crippen molar-refractivity contribution in [2.24, 2.45) is 0 Å². The number of halogens is 1. The Hall–Kier alpha value is -2.97. The van der Waals surface area contributed by atoms with Crippen LogP contribution in [0.4, 0.5) is 15.8 Å². The van der Waals surface area contributed by atoms with Crippen molar-refractivity contribution in [1.82, 2.24) is 15.3 Å². The van der Waals surface area contributed by atoms with Crippen molar-refractivity contribution in [2.75, 3.05) is 5.73 Å². The number of anilines is 1. The molecule has 0 bridgehead atoms. The number of nitrogens with one attached hydrogen (secondary N) is 2. The van der Waals surface area contributed by atoms with Crippen LogP contribution in [0.2, 0.25) is 0 Å². The van der Waals surface area contributed by atoms with Gasteiger partial charge in [0, 0.05) is 12.3 Å². The first kappa shape index (κ1) is 13.5. The number of carbonyl (C=O) groups is 1. The number of nitro benzene ring substituents is 1. The SMILES string of the molecule is Nc1c([N+](=O)[O-])ccc(F)c1C(=O)NCc1cnc[nH]1. The minimum atomic E-state index is -0.921. The van der Waals surface area contributed by atoms with Gasteiger partial charge in [-0.2, -0.15) is 0 Å². The first-order valence-electron chi connectivity index (χ1n) is 5.48. The van der Waals surface area contributed by atoms with Crippen molar-refractivity contribution < 1.29 is 14.1 Å². The van der Waals surface area contributed by atoms with E-state index in [1.165, 1.54) is 12.5 Å². The molecule has 0 aliphatic carbocycles. The fraction of sp³-hybridized carbons (Fsp3) is 0.0909. The Morgan fingerprint density at radius 3 is 2.90 bits per heavy atom. The first-order chi connectivity index (χ1) is 9.50. The summed E-state index contributed by atoms with van der Waals surface area (Å²) in [5, 5.41) is 13.1. The highest BCUT2D eigenvalue weighted by molar-refractivity contribution is 6.01. The fourth-order valence-electron chi connectivity index (χ4n) is 1.62. The number of hydrogen-bond acceptors (Lipinski definition) is 5. The van der Waals surface area contributed by atoms with E-state index < -0.39 is 33.6 Å². The molecule has 8 nitrogen and oxygen atoms in total. The molecular formula is C11H10FN5O3. The molecule has 1 heterocycles. The first-order valence-corrected chi connectivity index (χ1v) is 5.48. The number of nitrogen functional groups attached to an aromatic ring is 1. The van der Waals surface area contributed by atoms with E-state index in [4.69, 9.17) is 5.73 Å². The third-order valence-electron chi connectivity index (χ3n) is 2.59. The molecule has 1 aromatic heterocycles. The average molecular weight is 279 g/mol. The zero-order valence-electron chi connectivity index (χ0n) is 10.1. The maximum Gasteiger partial charge on any atom is 0.293 e. The predicted molar refractivity (Wildman–Crippen MR) is 67.2 cm³/mol. The van der Waals surface area contributed by atoms with E-state index >= 15 is 0 Å². The summed E-state index contributed by atoms with van der Waals surface area (Å²) >= 11 is 0. The van der Waals surface area contributed by atoms with E-state index in [0.717, 1.165) is 12.1 Å². The number of H-pyrrole nitrogens is 1. The minimum Gasteiger partial charge on any atom is -0.392 e. The number of rotatable bonds is 4. The second kappa shape index (κ2) is 5.34. The van der Waals surface area contributed by atoms with Crippen LogP contribution >= 0.6 is 0 Å². The lowest BCUT2D eigenvalue weighted by molar-refractivity contribution is -0.384. The van der Waals surface area contributed by atoms with Crippen LogP contribution in [-0.2, 0) is 6.54 Å². The number of amides is 1. The van der Waals surface area contributed by atoms with Crippen molar-refractivity contribution in [1.29, 1.82) is 0 Å². The zero-order chi connectivity index (χ0) is 14.7. The number of nitrogens with two attached hydrogens (primary N) is 1. The van der Waals surface area contributed by atoms with Crippen LogP contribution in [0, 0.1) is 15.9 Å². The maximum atomic E-state index is 13.6. The van der Waals surface area contributed by atoms with Crippen LogP contribution in [0.1, 0.15) is 16.1 Å². The molecule has 0 atom stereocenters. The van der Waals surface area contributed by atoms with Crippen LogP contribution in [-0.4, -0.2) is 20.8 Å². The van der Waals surface area contributed by atoms with Gasteiger partial charge >= 0.3 is 0 Å². The predicted octanol–water partition coefficient (Wildman–Crippen LogP) is 0.969. The van der Waals surface area contributed by atoms with E-state index in [2.05, 4.69) is 15.3 Å². The van der Waals surface area contributed by atoms with Gasteiger partial charge in [-0.1, -0.05) is 0 Å². The van der Waals surface area contributed by atoms with Crippen LogP contribution in [0.25, 0.3) is 0 Å². The molecule has 0 aliphatic heterocycles. The van der Waals surface area contributed by atoms with Crippen molar-refractivity contribution >= 4 is 17.3 Å². The van der Waals surface area contributed by atoms with Gasteiger partial charge in [-0.05, 0) is 6.07 Å². The number of hydrogen-bond donors (Lipinski definition) is 3. The Bertz CT molecular complexity index is 656. The molecule has 0 spiro atoms. The topological polar surface area (TPSA) is 127 Å². The fourth-order valence-corrected chi connectivity index (χ4v) is 1.62. The van der Waals surface area contributed by atoms with Gasteiger partial charge in [0.2, 0.25) is 0 Å². The van der Waals surface area contributed by atoms with Crippen molar-refractivity contribution in [2.45, 2.75) is 6.54 Å². The molecule has 104 valence electrons. The third kappa shape index (κ3) is 2.55. The molecule has 0 fully saturated rings. The molecule has 0 aliphatic rings. The van der Waals surface area contributed by atoms with E-state index in [-0.39, 0.29) is 6.54 Å². The van der Waals surface area contributed by atoms with Crippen LogP contribution < -0.4 is 11.1 Å². The summed E-state index contributed by atoms with van der Waals surface area (Å²) in [4.78, 5) is 28.3. The third-order valence-corrected chi connectivity index (χ3v) is 2.59. The average Bonchev–Trinajstić information content (AvgIpc) is 2.89. The van der Waals surface area contributed by atoms with Gasteiger partial charge < -0.3 is 16.0 Å². The number of aromatic amines is 1. The van der Waals surface area contributed by atoms with Crippen LogP contribution in [0.15, 0.2) is 24.7 Å². The number of aromatic nitrogens is 2. The highest BCUT2D eigenvalue weighted by atomic mass is 19.1. The lowest BCUT2D eigenvalue weighted by atomic mass is 10.1. The Morgan fingerprint density at radius 2 is 2.30 bits per heavy atom. The summed E-state index contributed by atoms with van der Waals surface area (Å²) in [6.45, 7) is 0.0698. The zero-order valence-corrected chi connectivity index (χ0v) is 10.1. The standard InChI is InChI=1S/C11H10FN5O3/c12-7-1-2-8(17(19)20)10(13)9(7)11(18)15-4-6-3-14-5-16-6/h1-3,5H,4,13H2,(H,14,16)(H,15,18). The summed E-state index contributed by atoms with van der Waals surface area (Å²) in [6.07, 6.45) is 2.90. The molecule has 20 heavy (non-hydrogen) atoms. The van der Waals surface area contributed by atoms with E-state index in [1.54, 1.807) is 0 Å². The lowest BCUT2D eigenvalue weighted by Crippen LogP contribution is -2.25. The highest BCUT2D eigenvalue weighted by Gasteiger charge is 2.23. The molecule has 9 heteroatoms. The highest BCUT2D eigenvalue weighted by Crippen LogP contribution is 2.27. The van der Waals surface area contributed by atoms with Gasteiger partial charge in [-0.25, -0.2) is 9.37 Å². The molecule has 2 rings (SSSR count). The van der Waals surface area contributed by atoms with Crippen LogP contribution in [0.5, 0.6) is 0 Å². The molecule has 0 radical (unpaired) electrons. The van der Waals surface area contributed by atoms with Gasteiger partial charge in [0.05, 0.1) is 23.5 Å². The number of benzene rings is 1. The summed E-state index contributed by atoms with van der Waals surface area (Å²) in [7, 11) is 0. The summed E-state index contributed by atoms with van der Waals surface area (Å²) in [5.74, 6) is -1.76. The number of nitro groups is 1. The van der Waals surface area contributed by atoms with E-state index in [1.807, 2.05) is 0 Å². The number of imidazole rings is 1. The Morgan fingerprint density at radius 1 is 1.55 bits per heavy atom. The maximum absolute atomic E-state index is 13.6. The second-order valence-corrected chi connectivity index (χ2v) is 3.87. The summed E-state index contributed by atoms with van der Waals surface area (Å²) in [5.41, 5.74) is 4.51. The molecule has 0 saturated heterocycles. The molecule has 0 saturated carbocycles. The Kier molecular flexibility index (Phi) is 3.60. The molecule has 1 amide bonds. The molecule has 1 aromatic carbocycles. The van der Waals surface area contributed by atoms with Gasteiger partial charge in [-0.15, -0.1) is 0 Å². The largest absolute Gasteiger partial charge is 0.392 e. The normalized spacial score (nSPS) is 10.2. The van der Waals surface area contributed by atoms with Crippen molar-refractivity contribution in [3.63, 3.8) is 0 Å². The Balaban J connectivity index is 2.25. The second-order valence-electron chi connectivity index (χ2n) is 3.87. The van der Waals surface area contributed by atoms with Gasteiger partial charge in [0.1, 0.15) is 17.1 Å². The number of carbonyl (C=O) groups excluding carboxylic acids is 1. The van der Waals surface area contributed by atoms with Crippen molar-refractivity contribution in [3.8, 4) is 0 Å². The molecule has 2 aromatic rings. The summed E-state index contributed by atoms with van der Waals surface area (Å²) in [6, 6.07) is 1.75. The Labute approximate surface area is 112 Å². The van der Waals surface area contributed by atoms with E-state index in [9.17, 15) is 19.3 Å². The van der Waals surface area contributed by atoms with Crippen molar-refractivity contribution in [3.05, 3.63) is 51.8 Å². The van der Waals surface area contributed by atoms with Gasteiger partial charge in [0.15, 0.2) is 0 Å². The molecular weight excluding hydrogens is 269 g/mol. The smallest absolute Gasteiger partial charge is 0.293 e. The monoisotopic (exact) mass is 279 g/mol. The van der Waals surface area contributed by atoms with Gasteiger partial charge in [-0.3, -0.25) is 14.9 Å². The quantitative estimate of drug-likeness (QED) is 0.436. The molecule has 4 N–H and O–H groups in total. The van der Waals surface area contributed by atoms with Gasteiger partial charge in [0.25, 0.3) is 11.6 Å². The molecule has 0 unspecified atom stereocenters. The lowest BCUT2D eigenvalue weighted by Gasteiger charge is -2.08. The summed E-state index contributed by atoms with van der Waals surface area (Å²) < 4.78 is 13.6. The minimum absolute atomic E-state index is 0.0698. The number of nitrogens with zero attached hydrogens (tertiary/aromatic N) is 2. The van der Waals surface area contributed by atoms with E-state index in [0.29, 0.717) is 5.69 Å². The van der Waals surface area contributed by atoms with Crippen LogP contribution in [0.3, 0.4) is 0 Å².